The molecule has 36 heavy (non-hydrogen) atoms. The molecular formula is C27H39N3O6. The van der Waals surface area contributed by atoms with Gasteiger partial charge in [0.2, 0.25) is 11.7 Å². The number of amides is 2. The Hall–Kier alpha value is -3.07. The maximum Gasteiger partial charge on any atom is 0.306 e. The Labute approximate surface area is 213 Å². The van der Waals surface area contributed by atoms with Crippen LogP contribution in [0.5, 0.6) is 0 Å². The lowest BCUT2D eigenvalue weighted by atomic mass is 9.86. The molecule has 1 fully saturated rings. The third-order valence-electron chi connectivity index (χ3n) is 6.43. The number of hydrogen-bond acceptors (Lipinski definition) is 7. The topological polar surface area (TPSA) is 131 Å². The maximum absolute atomic E-state index is 13.2. The van der Waals surface area contributed by atoms with Crippen LogP contribution in [-0.2, 0) is 35.3 Å². The summed E-state index contributed by atoms with van der Waals surface area (Å²) < 4.78 is 5.35. The summed E-state index contributed by atoms with van der Waals surface area (Å²) in [5.74, 6) is -4.39. The van der Waals surface area contributed by atoms with Crippen LogP contribution in [0.3, 0.4) is 0 Å². The Bertz CT molecular complexity index is 915. The van der Waals surface area contributed by atoms with E-state index in [9.17, 15) is 24.0 Å². The summed E-state index contributed by atoms with van der Waals surface area (Å²) in [6.07, 6.45) is 1.66. The number of carbonyl (C=O) groups excluding carboxylic acids is 5. The molecule has 1 aliphatic rings. The molecule has 1 saturated heterocycles. The highest BCUT2D eigenvalue weighted by Gasteiger charge is 2.34. The molecule has 2 amide bonds. The van der Waals surface area contributed by atoms with Crippen LogP contribution in [0.4, 0.5) is 0 Å². The summed E-state index contributed by atoms with van der Waals surface area (Å²) in [5, 5.41) is 2.81. The van der Waals surface area contributed by atoms with Crippen LogP contribution in [0, 0.1) is 23.7 Å². The van der Waals surface area contributed by atoms with Gasteiger partial charge < -0.3 is 10.1 Å². The molecule has 9 heteroatoms. The zero-order valence-corrected chi connectivity index (χ0v) is 21.7. The molecule has 1 heterocycles. The lowest BCUT2D eigenvalue weighted by molar-refractivity contribution is -0.149. The van der Waals surface area contributed by atoms with Crippen LogP contribution < -0.4 is 16.2 Å². The van der Waals surface area contributed by atoms with Crippen LogP contribution in [0.15, 0.2) is 30.3 Å². The Kier molecular flexibility index (Phi) is 11.7. The number of ether oxygens (including phenoxy) is 1. The molecular weight excluding hydrogens is 462 g/mol. The first-order valence-electron chi connectivity index (χ1n) is 12.7. The Morgan fingerprint density at radius 2 is 1.72 bits per heavy atom. The fourth-order valence-corrected chi connectivity index (χ4v) is 4.18. The van der Waals surface area contributed by atoms with E-state index >= 15 is 0 Å². The van der Waals surface area contributed by atoms with Crippen molar-refractivity contribution in [3.8, 4) is 0 Å². The lowest BCUT2D eigenvalue weighted by Crippen LogP contribution is -2.49. The van der Waals surface area contributed by atoms with Crippen molar-refractivity contribution in [1.82, 2.24) is 16.2 Å². The minimum atomic E-state index is -0.833. The second kappa shape index (κ2) is 14.5. The standard InChI is InChI=1S/C27H39N3O6/c1-17(2)21(15-23(32)36-16-19-10-6-5-7-11-19)26(34)29-24(18(3)4)22(31)14-20-12-8-9-13-28-30-27(35)25(20)33/h5-7,10-11,17-18,20-21,24,28H,8-9,12-16H2,1-4H3,(H,29,34)(H,30,35). The molecule has 0 saturated carbocycles. The summed E-state index contributed by atoms with van der Waals surface area (Å²) in [4.78, 5) is 63.4. The highest BCUT2D eigenvalue weighted by molar-refractivity contribution is 6.37. The van der Waals surface area contributed by atoms with Crippen molar-refractivity contribution in [3.05, 3.63) is 35.9 Å². The largest absolute Gasteiger partial charge is 0.461 e. The van der Waals surface area contributed by atoms with Gasteiger partial charge in [-0.1, -0.05) is 64.4 Å². The van der Waals surface area contributed by atoms with Gasteiger partial charge in [0.25, 0.3) is 0 Å². The van der Waals surface area contributed by atoms with Gasteiger partial charge in [-0.05, 0) is 30.2 Å². The molecule has 0 bridgehead atoms. The lowest BCUT2D eigenvalue weighted by Gasteiger charge is -2.27. The third kappa shape index (κ3) is 9.18. The number of ketones is 2. The summed E-state index contributed by atoms with van der Waals surface area (Å²) in [5.41, 5.74) is 5.92. The number of rotatable bonds is 11. The average molecular weight is 502 g/mol. The Balaban J connectivity index is 2.02. The highest BCUT2D eigenvalue weighted by Crippen LogP contribution is 2.21. The molecule has 3 unspecified atom stereocenters. The van der Waals surface area contributed by atoms with Crippen LogP contribution in [0.25, 0.3) is 0 Å². The number of esters is 1. The molecule has 1 aliphatic heterocycles. The molecule has 3 atom stereocenters. The van der Waals surface area contributed by atoms with Gasteiger partial charge in [0, 0.05) is 18.9 Å². The van der Waals surface area contributed by atoms with Crippen molar-refractivity contribution in [2.45, 2.75) is 72.4 Å². The van der Waals surface area contributed by atoms with Crippen molar-refractivity contribution in [2.75, 3.05) is 6.54 Å². The minimum Gasteiger partial charge on any atom is -0.461 e. The monoisotopic (exact) mass is 501 g/mol. The van der Waals surface area contributed by atoms with E-state index in [0.29, 0.717) is 19.4 Å². The molecule has 0 aliphatic carbocycles. The zero-order valence-electron chi connectivity index (χ0n) is 21.7. The predicted molar refractivity (Wildman–Crippen MR) is 134 cm³/mol. The number of carbonyl (C=O) groups is 5. The van der Waals surface area contributed by atoms with Gasteiger partial charge in [-0.25, -0.2) is 5.43 Å². The van der Waals surface area contributed by atoms with E-state index in [2.05, 4.69) is 16.2 Å². The van der Waals surface area contributed by atoms with Gasteiger partial charge >= 0.3 is 11.9 Å². The van der Waals surface area contributed by atoms with E-state index in [0.717, 1.165) is 12.0 Å². The molecule has 0 aromatic heterocycles. The molecule has 9 nitrogen and oxygen atoms in total. The molecule has 1 aromatic rings. The SMILES string of the molecule is CC(C)C(CC(=O)OCc1ccccc1)C(=O)NC(C(=O)CC1CCCCNNC(=O)C1=O)C(C)C. The summed E-state index contributed by atoms with van der Waals surface area (Å²) >= 11 is 0. The van der Waals surface area contributed by atoms with Crippen LogP contribution in [-0.4, -0.2) is 41.9 Å². The second-order valence-electron chi connectivity index (χ2n) is 10.0. The van der Waals surface area contributed by atoms with E-state index in [-0.39, 0.29) is 37.1 Å². The molecule has 0 radical (unpaired) electrons. The van der Waals surface area contributed by atoms with Crippen LogP contribution in [0.1, 0.15) is 65.4 Å². The van der Waals surface area contributed by atoms with Crippen LogP contribution >= 0.6 is 0 Å². The Morgan fingerprint density at radius 1 is 1.03 bits per heavy atom. The predicted octanol–water partition coefficient (Wildman–Crippen LogP) is 2.48. The van der Waals surface area contributed by atoms with Gasteiger partial charge in [0.1, 0.15) is 6.61 Å². The fraction of sp³-hybridized carbons (Fsp3) is 0.593. The first kappa shape index (κ1) is 29.2. The van der Waals surface area contributed by atoms with Crippen molar-refractivity contribution >= 4 is 29.4 Å². The molecule has 0 spiro atoms. The van der Waals surface area contributed by atoms with Gasteiger partial charge in [0.15, 0.2) is 5.78 Å². The summed E-state index contributed by atoms with van der Waals surface area (Å²) in [7, 11) is 0. The number of benzene rings is 1. The molecule has 198 valence electrons. The van der Waals surface area contributed by atoms with Crippen molar-refractivity contribution < 1.29 is 28.7 Å². The first-order chi connectivity index (χ1) is 17.1. The maximum atomic E-state index is 13.2. The highest BCUT2D eigenvalue weighted by atomic mass is 16.5. The van der Waals surface area contributed by atoms with E-state index in [4.69, 9.17) is 4.74 Å². The third-order valence-corrected chi connectivity index (χ3v) is 6.43. The van der Waals surface area contributed by atoms with E-state index in [1.54, 1.807) is 0 Å². The van der Waals surface area contributed by atoms with Gasteiger partial charge in [-0.2, -0.15) is 0 Å². The zero-order chi connectivity index (χ0) is 26.7. The molecule has 3 N–H and O–H groups in total. The second-order valence-corrected chi connectivity index (χ2v) is 10.0. The number of Topliss-reactive ketones (excluding diaryl/α,β-unsaturated/α-hetero) is 2. The van der Waals surface area contributed by atoms with Gasteiger partial charge in [-0.15, -0.1) is 0 Å². The number of nitrogens with one attached hydrogen (secondary N) is 3. The van der Waals surface area contributed by atoms with E-state index in [1.807, 2.05) is 58.0 Å². The normalized spacial score (nSPS) is 18.4. The van der Waals surface area contributed by atoms with Crippen molar-refractivity contribution in [1.29, 1.82) is 0 Å². The molecule has 2 rings (SSSR count). The van der Waals surface area contributed by atoms with E-state index < -0.39 is 41.4 Å². The smallest absolute Gasteiger partial charge is 0.306 e. The quantitative estimate of drug-likeness (QED) is 0.314. The minimum absolute atomic E-state index is 0.108. The number of hydrazine groups is 1. The summed E-state index contributed by atoms with van der Waals surface area (Å²) in [6.45, 7) is 7.96. The van der Waals surface area contributed by atoms with E-state index in [1.165, 1.54) is 0 Å². The van der Waals surface area contributed by atoms with Gasteiger partial charge in [-0.3, -0.25) is 29.4 Å². The number of hydrogen-bond donors (Lipinski definition) is 3. The van der Waals surface area contributed by atoms with Crippen LogP contribution in [0.2, 0.25) is 0 Å². The van der Waals surface area contributed by atoms with Gasteiger partial charge in [0.05, 0.1) is 18.4 Å². The fourth-order valence-electron chi connectivity index (χ4n) is 4.18. The Morgan fingerprint density at radius 3 is 2.36 bits per heavy atom. The van der Waals surface area contributed by atoms with Crippen molar-refractivity contribution in [2.24, 2.45) is 23.7 Å². The molecule has 1 aromatic carbocycles. The van der Waals surface area contributed by atoms with Crippen molar-refractivity contribution in [3.63, 3.8) is 0 Å². The first-order valence-corrected chi connectivity index (χ1v) is 12.7. The summed E-state index contributed by atoms with van der Waals surface area (Å²) in [6, 6.07) is 8.44. The average Bonchev–Trinajstić information content (AvgIpc) is 2.91.